The normalized spacial score (nSPS) is 11.2. The molecule has 0 fully saturated rings. The second kappa shape index (κ2) is 7.26. The number of aromatic nitrogens is 2. The molecular formula is C15H18N4O4S. The highest BCUT2D eigenvalue weighted by molar-refractivity contribution is 7.92. The van der Waals surface area contributed by atoms with Gasteiger partial charge in [-0.25, -0.2) is 13.4 Å². The summed E-state index contributed by atoms with van der Waals surface area (Å²) in [6, 6.07) is 5.84. The maximum Gasteiger partial charge on any atom is 0.248 e. The van der Waals surface area contributed by atoms with Gasteiger partial charge in [0.2, 0.25) is 26.8 Å². The fourth-order valence-electron chi connectivity index (χ4n) is 2.14. The van der Waals surface area contributed by atoms with Gasteiger partial charge in [-0.05, 0) is 30.7 Å². The number of hydrogen-bond donors (Lipinski definition) is 2. The number of rotatable bonds is 7. The first-order valence-electron chi connectivity index (χ1n) is 7.27. The van der Waals surface area contributed by atoms with Crippen LogP contribution in [0.5, 0.6) is 0 Å². The molecule has 1 aromatic heterocycles. The Morgan fingerprint density at radius 3 is 2.50 bits per heavy atom. The SMILES string of the molecule is CCCn1ccnc1S(=O)(=O)CC(=O)Nc1ccc(C(N)=O)cc1. The van der Waals surface area contributed by atoms with Crippen LogP contribution in [0, 0.1) is 0 Å². The minimum Gasteiger partial charge on any atom is -0.366 e. The highest BCUT2D eigenvalue weighted by Crippen LogP contribution is 2.12. The number of anilines is 1. The minimum atomic E-state index is -3.85. The molecule has 128 valence electrons. The number of nitrogens with zero attached hydrogens (tertiary/aromatic N) is 2. The number of carbonyl (C=O) groups is 2. The Kier molecular flexibility index (Phi) is 5.35. The predicted molar refractivity (Wildman–Crippen MR) is 88.2 cm³/mol. The van der Waals surface area contributed by atoms with E-state index in [0.717, 1.165) is 6.42 Å². The summed E-state index contributed by atoms with van der Waals surface area (Å²) in [7, 11) is -3.85. The molecule has 24 heavy (non-hydrogen) atoms. The van der Waals surface area contributed by atoms with Gasteiger partial charge in [0.1, 0.15) is 5.75 Å². The van der Waals surface area contributed by atoms with Crippen LogP contribution < -0.4 is 11.1 Å². The molecule has 8 nitrogen and oxygen atoms in total. The number of primary amides is 1. The molecular weight excluding hydrogens is 332 g/mol. The van der Waals surface area contributed by atoms with Gasteiger partial charge >= 0.3 is 0 Å². The van der Waals surface area contributed by atoms with Crippen molar-refractivity contribution >= 4 is 27.3 Å². The molecule has 0 saturated carbocycles. The van der Waals surface area contributed by atoms with Crippen molar-refractivity contribution < 1.29 is 18.0 Å². The average molecular weight is 350 g/mol. The highest BCUT2D eigenvalue weighted by atomic mass is 32.2. The molecule has 1 aromatic carbocycles. The van der Waals surface area contributed by atoms with E-state index in [0.29, 0.717) is 17.8 Å². The second-order valence-electron chi connectivity index (χ2n) is 5.15. The summed E-state index contributed by atoms with van der Waals surface area (Å²) in [6.07, 6.45) is 3.71. The van der Waals surface area contributed by atoms with E-state index in [4.69, 9.17) is 5.73 Å². The van der Waals surface area contributed by atoms with Gasteiger partial charge in [-0.2, -0.15) is 0 Å². The number of benzene rings is 1. The van der Waals surface area contributed by atoms with Crippen molar-refractivity contribution in [3.63, 3.8) is 0 Å². The zero-order valence-electron chi connectivity index (χ0n) is 13.1. The van der Waals surface area contributed by atoms with Crippen molar-refractivity contribution in [3.8, 4) is 0 Å². The Bertz CT molecular complexity index is 841. The largest absolute Gasteiger partial charge is 0.366 e. The van der Waals surface area contributed by atoms with E-state index in [1.807, 2.05) is 6.92 Å². The van der Waals surface area contributed by atoms with Gasteiger partial charge in [0.25, 0.3) is 0 Å². The summed E-state index contributed by atoms with van der Waals surface area (Å²) in [6.45, 7) is 2.42. The van der Waals surface area contributed by atoms with Crippen molar-refractivity contribution in [2.45, 2.75) is 25.0 Å². The van der Waals surface area contributed by atoms with E-state index in [2.05, 4.69) is 10.3 Å². The van der Waals surface area contributed by atoms with Gasteiger partial charge in [0.15, 0.2) is 0 Å². The van der Waals surface area contributed by atoms with E-state index in [1.54, 1.807) is 6.20 Å². The maximum atomic E-state index is 12.3. The number of carbonyl (C=O) groups excluding carboxylic acids is 2. The Morgan fingerprint density at radius 1 is 1.25 bits per heavy atom. The second-order valence-corrected chi connectivity index (χ2v) is 7.04. The highest BCUT2D eigenvalue weighted by Gasteiger charge is 2.24. The third-order valence-corrected chi connectivity index (χ3v) is 4.73. The summed E-state index contributed by atoms with van der Waals surface area (Å²) in [5.74, 6) is -1.99. The predicted octanol–water partition coefficient (Wildman–Crippen LogP) is 0.804. The van der Waals surface area contributed by atoms with Crippen molar-refractivity contribution in [1.29, 1.82) is 0 Å². The molecule has 1 heterocycles. The molecule has 0 aliphatic carbocycles. The quantitative estimate of drug-likeness (QED) is 0.764. The van der Waals surface area contributed by atoms with Crippen LogP contribution in [0.3, 0.4) is 0 Å². The first-order valence-corrected chi connectivity index (χ1v) is 8.92. The van der Waals surface area contributed by atoms with Gasteiger partial charge in [0, 0.05) is 30.2 Å². The smallest absolute Gasteiger partial charge is 0.248 e. The van der Waals surface area contributed by atoms with Crippen molar-refractivity contribution in [2.75, 3.05) is 11.1 Å². The van der Waals surface area contributed by atoms with Crippen LogP contribution >= 0.6 is 0 Å². The number of sulfone groups is 1. The van der Waals surface area contributed by atoms with Crippen LogP contribution in [0.1, 0.15) is 23.7 Å². The molecule has 0 atom stereocenters. The molecule has 0 aliphatic rings. The van der Waals surface area contributed by atoms with Gasteiger partial charge in [-0.3, -0.25) is 9.59 Å². The lowest BCUT2D eigenvalue weighted by Crippen LogP contribution is -2.25. The van der Waals surface area contributed by atoms with Crippen LogP contribution in [0.4, 0.5) is 5.69 Å². The van der Waals surface area contributed by atoms with E-state index < -0.39 is 27.4 Å². The minimum absolute atomic E-state index is 0.122. The number of amides is 2. The van der Waals surface area contributed by atoms with E-state index in [9.17, 15) is 18.0 Å². The number of nitrogens with two attached hydrogens (primary N) is 1. The van der Waals surface area contributed by atoms with Crippen LogP contribution in [-0.4, -0.2) is 35.5 Å². The van der Waals surface area contributed by atoms with Crippen LogP contribution in [-0.2, 0) is 21.2 Å². The fraction of sp³-hybridized carbons (Fsp3) is 0.267. The third kappa shape index (κ3) is 4.19. The molecule has 2 rings (SSSR count). The van der Waals surface area contributed by atoms with E-state index >= 15 is 0 Å². The topological polar surface area (TPSA) is 124 Å². The molecule has 3 N–H and O–H groups in total. The molecule has 0 radical (unpaired) electrons. The average Bonchev–Trinajstić information content (AvgIpc) is 2.96. The van der Waals surface area contributed by atoms with Gasteiger partial charge in [0.05, 0.1) is 0 Å². The molecule has 0 aliphatic heterocycles. The van der Waals surface area contributed by atoms with Gasteiger partial charge in [-0.1, -0.05) is 6.92 Å². The van der Waals surface area contributed by atoms with Crippen LogP contribution in [0.15, 0.2) is 41.8 Å². The number of imidazole rings is 1. The summed E-state index contributed by atoms with van der Waals surface area (Å²) < 4.78 is 26.2. The van der Waals surface area contributed by atoms with E-state index in [-0.39, 0.29) is 5.16 Å². The molecule has 0 spiro atoms. The third-order valence-electron chi connectivity index (χ3n) is 3.19. The Balaban J connectivity index is 2.08. The molecule has 0 unspecified atom stereocenters. The first kappa shape index (κ1) is 17.7. The Hall–Kier alpha value is -2.68. The number of hydrogen-bond acceptors (Lipinski definition) is 5. The van der Waals surface area contributed by atoms with Crippen molar-refractivity contribution in [1.82, 2.24) is 9.55 Å². The fourth-order valence-corrected chi connectivity index (χ4v) is 3.41. The van der Waals surface area contributed by atoms with Crippen molar-refractivity contribution in [2.24, 2.45) is 5.73 Å². The Morgan fingerprint density at radius 2 is 1.92 bits per heavy atom. The summed E-state index contributed by atoms with van der Waals surface area (Å²) in [4.78, 5) is 26.8. The standard InChI is InChI=1S/C15H18N4O4S/c1-2-8-19-9-7-17-15(19)24(22,23)10-13(20)18-12-5-3-11(4-6-12)14(16)21/h3-7,9H,2,8,10H2,1H3,(H2,16,21)(H,18,20). The van der Waals surface area contributed by atoms with Crippen molar-refractivity contribution in [3.05, 3.63) is 42.2 Å². The zero-order chi connectivity index (χ0) is 17.7. The van der Waals surface area contributed by atoms with E-state index in [1.165, 1.54) is 35.0 Å². The first-order chi connectivity index (χ1) is 11.3. The number of nitrogens with one attached hydrogen (secondary N) is 1. The van der Waals surface area contributed by atoms with Gasteiger partial charge in [-0.15, -0.1) is 0 Å². The molecule has 9 heteroatoms. The molecule has 2 amide bonds. The Labute approximate surface area is 139 Å². The lowest BCUT2D eigenvalue weighted by atomic mass is 10.2. The molecule has 0 saturated heterocycles. The summed E-state index contributed by atoms with van der Waals surface area (Å²) in [5, 5.41) is 2.35. The lowest BCUT2D eigenvalue weighted by molar-refractivity contribution is -0.113. The lowest BCUT2D eigenvalue weighted by Gasteiger charge is -2.08. The van der Waals surface area contributed by atoms with Gasteiger partial charge < -0.3 is 15.6 Å². The molecule has 2 aromatic rings. The number of aryl methyl sites for hydroxylation is 1. The molecule has 0 bridgehead atoms. The monoisotopic (exact) mass is 350 g/mol. The summed E-state index contributed by atoms with van der Waals surface area (Å²) >= 11 is 0. The maximum absolute atomic E-state index is 12.3. The summed E-state index contributed by atoms with van der Waals surface area (Å²) in [5.41, 5.74) is 5.79. The van der Waals surface area contributed by atoms with Crippen LogP contribution in [0.25, 0.3) is 0 Å². The zero-order valence-corrected chi connectivity index (χ0v) is 13.9. The van der Waals surface area contributed by atoms with Crippen LogP contribution in [0.2, 0.25) is 0 Å².